The fraction of sp³-hybridized carbons (Fsp3) is 0.160. The number of hydrogen-bond donors (Lipinski definition) is 2. The van der Waals surface area contributed by atoms with E-state index < -0.39 is 9.84 Å². The number of methoxy groups -OCH3 is 3. The first-order chi connectivity index (χ1) is 18.2. The molecule has 0 radical (unpaired) electrons. The Bertz CT molecular complexity index is 1740. The standard InChI is InChI=1S/C25H23ClN6O5S/c1-14-5-6-16(26)20(9-14)38(33,34)25-29-17-7-8-27-22(17)24(31-25)30-21-12-32(13-28-21)15-10-18(35-2)23(37-4)19(11-15)36-3/h5-13,27H,1-4H3,(H,29,30,31). The van der Waals surface area contributed by atoms with E-state index in [0.717, 1.165) is 5.56 Å². The molecule has 0 aliphatic rings. The van der Waals surface area contributed by atoms with Gasteiger partial charge in [-0.25, -0.2) is 18.4 Å². The molecule has 0 bridgehead atoms. The van der Waals surface area contributed by atoms with Crippen molar-refractivity contribution in [2.24, 2.45) is 0 Å². The molecule has 196 valence electrons. The molecule has 0 spiro atoms. The van der Waals surface area contributed by atoms with Gasteiger partial charge in [-0.05, 0) is 30.7 Å². The predicted octanol–water partition coefficient (Wildman–Crippen LogP) is 4.71. The molecular weight excluding hydrogens is 532 g/mol. The summed E-state index contributed by atoms with van der Waals surface area (Å²) in [6, 6.07) is 9.97. The van der Waals surface area contributed by atoms with E-state index in [1.165, 1.54) is 33.5 Å². The molecule has 11 nitrogen and oxygen atoms in total. The number of aromatic nitrogens is 5. The van der Waals surface area contributed by atoms with Crippen LogP contribution < -0.4 is 19.5 Å². The lowest BCUT2D eigenvalue weighted by atomic mass is 10.2. The van der Waals surface area contributed by atoms with Crippen LogP contribution in [-0.2, 0) is 9.84 Å². The molecule has 3 aromatic heterocycles. The Morgan fingerprint density at radius 1 is 1.00 bits per heavy atom. The summed E-state index contributed by atoms with van der Waals surface area (Å²) >= 11 is 6.23. The van der Waals surface area contributed by atoms with E-state index in [1.54, 1.807) is 54.5 Å². The number of rotatable bonds is 8. The topological polar surface area (TPSA) is 133 Å². The number of benzene rings is 2. The molecule has 0 amide bonds. The monoisotopic (exact) mass is 554 g/mol. The predicted molar refractivity (Wildman–Crippen MR) is 142 cm³/mol. The van der Waals surface area contributed by atoms with E-state index >= 15 is 0 Å². The van der Waals surface area contributed by atoms with Gasteiger partial charge in [-0.15, -0.1) is 0 Å². The molecule has 0 saturated carbocycles. The van der Waals surface area contributed by atoms with Gasteiger partial charge in [0.1, 0.15) is 17.7 Å². The lowest BCUT2D eigenvalue weighted by Crippen LogP contribution is -2.10. The number of aryl methyl sites for hydroxylation is 1. The van der Waals surface area contributed by atoms with E-state index in [9.17, 15) is 8.42 Å². The van der Waals surface area contributed by atoms with Gasteiger partial charge in [-0.1, -0.05) is 17.7 Å². The zero-order valence-corrected chi connectivity index (χ0v) is 22.4. The number of sulfone groups is 1. The average molecular weight is 555 g/mol. The average Bonchev–Trinajstić information content (AvgIpc) is 3.59. The fourth-order valence-corrected chi connectivity index (χ4v) is 5.63. The van der Waals surface area contributed by atoms with Crippen LogP contribution >= 0.6 is 11.6 Å². The molecule has 0 aliphatic heterocycles. The van der Waals surface area contributed by atoms with Crippen molar-refractivity contribution >= 4 is 44.1 Å². The normalized spacial score (nSPS) is 11.5. The number of fused-ring (bicyclic) bond motifs is 1. The van der Waals surface area contributed by atoms with Crippen LogP contribution in [0.3, 0.4) is 0 Å². The van der Waals surface area contributed by atoms with E-state index in [-0.39, 0.29) is 20.9 Å². The number of H-pyrrole nitrogens is 1. The summed E-state index contributed by atoms with van der Waals surface area (Å²) < 4.78 is 44.9. The van der Waals surface area contributed by atoms with Gasteiger partial charge in [0.05, 0.1) is 48.6 Å². The summed E-state index contributed by atoms with van der Waals surface area (Å²) in [6.07, 6.45) is 4.94. The Labute approximate surface area is 223 Å². The first kappa shape index (κ1) is 25.4. The highest BCUT2D eigenvalue weighted by Gasteiger charge is 2.26. The van der Waals surface area contributed by atoms with Crippen LogP contribution in [0.2, 0.25) is 5.02 Å². The van der Waals surface area contributed by atoms with Crippen molar-refractivity contribution in [2.45, 2.75) is 17.0 Å². The summed E-state index contributed by atoms with van der Waals surface area (Å²) in [5.41, 5.74) is 2.37. The van der Waals surface area contributed by atoms with Gasteiger partial charge in [-0.3, -0.25) is 0 Å². The minimum absolute atomic E-state index is 0.0633. The molecule has 13 heteroatoms. The molecule has 0 fully saturated rings. The third kappa shape index (κ3) is 4.48. The second-order valence-corrected chi connectivity index (χ2v) is 10.4. The lowest BCUT2D eigenvalue weighted by molar-refractivity contribution is 0.324. The van der Waals surface area contributed by atoms with Gasteiger partial charge in [0.15, 0.2) is 17.3 Å². The summed E-state index contributed by atoms with van der Waals surface area (Å²) in [5, 5.41) is 2.80. The van der Waals surface area contributed by atoms with Crippen molar-refractivity contribution in [1.29, 1.82) is 0 Å². The van der Waals surface area contributed by atoms with Gasteiger partial charge in [0.25, 0.3) is 5.16 Å². The molecule has 0 atom stereocenters. The van der Waals surface area contributed by atoms with E-state index in [0.29, 0.717) is 39.8 Å². The third-order valence-electron chi connectivity index (χ3n) is 5.78. The van der Waals surface area contributed by atoms with Gasteiger partial charge < -0.3 is 29.1 Å². The van der Waals surface area contributed by atoms with Crippen LogP contribution in [0.15, 0.2) is 65.2 Å². The van der Waals surface area contributed by atoms with Crippen LogP contribution in [0.5, 0.6) is 17.2 Å². The maximum absolute atomic E-state index is 13.4. The first-order valence-electron chi connectivity index (χ1n) is 11.2. The second-order valence-electron chi connectivity index (χ2n) is 8.20. The Balaban J connectivity index is 1.54. The largest absolute Gasteiger partial charge is 0.493 e. The Hall–Kier alpha value is -4.29. The molecule has 5 rings (SSSR count). The SMILES string of the molecule is COc1cc(-n2cnc(Nc3nc(S(=O)(=O)c4cc(C)ccc4Cl)nc4cc[nH]c34)c2)cc(OC)c1OC. The number of anilines is 2. The highest BCUT2D eigenvalue weighted by atomic mass is 35.5. The summed E-state index contributed by atoms with van der Waals surface area (Å²) in [5.74, 6) is 2.08. The van der Waals surface area contributed by atoms with Crippen LogP contribution in [0, 0.1) is 6.92 Å². The van der Waals surface area contributed by atoms with E-state index in [4.69, 9.17) is 25.8 Å². The second kappa shape index (κ2) is 9.88. The maximum Gasteiger partial charge on any atom is 0.254 e. The van der Waals surface area contributed by atoms with Crippen molar-refractivity contribution in [1.82, 2.24) is 24.5 Å². The van der Waals surface area contributed by atoms with Crippen molar-refractivity contribution in [2.75, 3.05) is 26.6 Å². The molecule has 0 saturated heterocycles. The van der Waals surface area contributed by atoms with E-state index in [1.807, 2.05) is 0 Å². The van der Waals surface area contributed by atoms with Crippen LogP contribution in [0.4, 0.5) is 11.6 Å². The smallest absolute Gasteiger partial charge is 0.254 e. The lowest BCUT2D eigenvalue weighted by Gasteiger charge is -2.14. The molecule has 2 N–H and O–H groups in total. The molecule has 5 aromatic rings. The number of ether oxygens (including phenoxy) is 3. The van der Waals surface area contributed by atoms with Crippen LogP contribution in [0.25, 0.3) is 16.7 Å². The van der Waals surface area contributed by atoms with Crippen LogP contribution in [0.1, 0.15) is 5.56 Å². The number of nitrogens with one attached hydrogen (secondary N) is 2. The summed E-state index contributed by atoms with van der Waals surface area (Å²) in [6.45, 7) is 1.78. The minimum atomic E-state index is -4.11. The van der Waals surface area contributed by atoms with Gasteiger partial charge >= 0.3 is 0 Å². The quantitative estimate of drug-likeness (QED) is 0.262. The number of aromatic amines is 1. The summed E-state index contributed by atoms with van der Waals surface area (Å²) in [7, 11) is 0.494. The number of halogens is 1. The molecule has 0 aliphatic carbocycles. The van der Waals surface area contributed by atoms with Gasteiger partial charge in [0, 0.05) is 18.3 Å². The third-order valence-corrected chi connectivity index (χ3v) is 7.80. The van der Waals surface area contributed by atoms with Crippen molar-refractivity contribution in [3.05, 3.63) is 65.7 Å². The zero-order chi connectivity index (χ0) is 27.0. The zero-order valence-electron chi connectivity index (χ0n) is 20.8. The number of nitrogens with zero attached hydrogens (tertiary/aromatic N) is 4. The van der Waals surface area contributed by atoms with E-state index in [2.05, 4.69) is 25.3 Å². The Kier molecular flexibility index (Phi) is 6.59. The van der Waals surface area contributed by atoms with Crippen LogP contribution in [-0.4, -0.2) is 54.3 Å². The van der Waals surface area contributed by atoms with Crippen molar-refractivity contribution in [3.63, 3.8) is 0 Å². The Morgan fingerprint density at radius 2 is 1.74 bits per heavy atom. The highest BCUT2D eigenvalue weighted by Crippen LogP contribution is 2.39. The number of hydrogen-bond acceptors (Lipinski definition) is 9. The van der Waals surface area contributed by atoms with Gasteiger partial charge in [-0.2, -0.15) is 4.98 Å². The van der Waals surface area contributed by atoms with Crippen molar-refractivity contribution < 1.29 is 22.6 Å². The maximum atomic E-state index is 13.4. The fourth-order valence-electron chi connectivity index (χ4n) is 3.92. The highest BCUT2D eigenvalue weighted by molar-refractivity contribution is 7.91. The molecule has 0 unspecified atom stereocenters. The van der Waals surface area contributed by atoms with Gasteiger partial charge in [0.2, 0.25) is 15.6 Å². The molecule has 38 heavy (non-hydrogen) atoms. The summed E-state index contributed by atoms with van der Waals surface area (Å²) in [4.78, 5) is 16.0. The number of imidazole rings is 1. The van der Waals surface area contributed by atoms with Crippen molar-refractivity contribution in [3.8, 4) is 22.9 Å². The Morgan fingerprint density at radius 3 is 2.42 bits per heavy atom. The molecular formula is C25H23ClN6O5S. The molecule has 2 aromatic carbocycles. The molecule has 3 heterocycles. The first-order valence-corrected chi connectivity index (χ1v) is 13.1. The minimum Gasteiger partial charge on any atom is -0.493 e.